The third-order valence-corrected chi connectivity index (χ3v) is 3.86. The Morgan fingerprint density at radius 1 is 1.33 bits per heavy atom. The van der Waals surface area contributed by atoms with E-state index in [-0.39, 0.29) is 11.5 Å². The van der Waals surface area contributed by atoms with Gasteiger partial charge in [-0.3, -0.25) is 4.90 Å². The first-order valence-electron chi connectivity index (χ1n) is 6.13. The maximum Gasteiger partial charge on any atom is 0.411 e. The van der Waals surface area contributed by atoms with Crippen molar-refractivity contribution in [3.8, 4) is 0 Å². The zero-order valence-corrected chi connectivity index (χ0v) is 11.9. The second-order valence-corrected chi connectivity index (χ2v) is 6.50. The summed E-state index contributed by atoms with van der Waals surface area (Å²) in [6.45, 7) is 6.43. The molecule has 0 unspecified atom stereocenters. The predicted octanol–water partition coefficient (Wildman–Crippen LogP) is 3.67. The van der Waals surface area contributed by atoms with Crippen LogP contribution in [0.3, 0.4) is 0 Å². The highest BCUT2D eigenvalue weighted by atomic mass is 32.2. The van der Waals surface area contributed by atoms with Crippen LogP contribution < -0.4 is 0 Å². The molecule has 1 aliphatic rings. The van der Waals surface area contributed by atoms with Crippen LogP contribution in [-0.2, 0) is 4.74 Å². The monoisotopic (exact) mass is 265 g/mol. The molecule has 0 radical (unpaired) electrons. The molecule has 3 nitrogen and oxygen atoms in total. The number of hydrogen-bond donors (Lipinski definition) is 0. The minimum atomic E-state index is -0.439. The van der Waals surface area contributed by atoms with E-state index in [1.165, 1.54) is 0 Å². The molecule has 4 heteroatoms. The molecule has 1 atom stereocenters. The third kappa shape index (κ3) is 3.19. The standard InChI is InChI=1S/C14H19NO2S/c1-14(2,3)17-13(16)15-9-10-18-12(15)11-7-5-4-6-8-11/h4-8,12H,9-10H2,1-3H3/t12-/m1/s1. The number of nitrogens with zero attached hydrogens (tertiary/aromatic N) is 1. The van der Waals surface area contributed by atoms with Gasteiger partial charge in [0.25, 0.3) is 0 Å². The molecule has 0 aromatic heterocycles. The van der Waals surface area contributed by atoms with Crippen molar-refractivity contribution in [2.75, 3.05) is 12.3 Å². The van der Waals surface area contributed by atoms with Crippen molar-refractivity contribution in [3.05, 3.63) is 35.9 Å². The second kappa shape index (κ2) is 5.22. The number of benzene rings is 1. The van der Waals surface area contributed by atoms with Crippen molar-refractivity contribution in [2.45, 2.75) is 31.7 Å². The summed E-state index contributed by atoms with van der Waals surface area (Å²) < 4.78 is 5.45. The fourth-order valence-corrected chi connectivity index (χ4v) is 3.12. The van der Waals surface area contributed by atoms with Crippen LogP contribution in [0.1, 0.15) is 31.7 Å². The summed E-state index contributed by atoms with van der Waals surface area (Å²) >= 11 is 1.78. The summed E-state index contributed by atoms with van der Waals surface area (Å²) in [6, 6.07) is 10.1. The van der Waals surface area contributed by atoms with Crippen molar-refractivity contribution in [1.29, 1.82) is 0 Å². The summed E-state index contributed by atoms with van der Waals surface area (Å²) in [5.41, 5.74) is 0.719. The molecule has 0 aliphatic carbocycles. The Bertz CT molecular complexity index is 414. The maximum atomic E-state index is 12.1. The molecule has 1 saturated heterocycles. The normalized spacial score (nSPS) is 19.9. The Morgan fingerprint density at radius 2 is 2.00 bits per heavy atom. The van der Waals surface area contributed by atoms with E-state index in [1.54, 1.807) is 11.8 Å². The Kier molecular flexibility index (Phi) is 3.85. The van der Waals surface area contributed by atoms with E-state index in [4.69, 9.17) is 4.74 Å². The van der Waals surface area contributed by atoms with Crippen LogP contribution >= 0.6 is 11.8 Å². The fourth-order valence-electron chi connectivity index (χ4n) is 1.87. The molecule has 0 spiro atoms. The Morgan fingerprint density at radius 3 is 2.61 bits per heavy atom. The van der Waals surface area contributed by atoms with Crippen LogP contribution in [0.2, 0.25) is 0 Å². The van der Waals surface area contributed by atoms with Crippen molar-refractivity contribution in [1.82, 2.24) is 4.90 Å². The van der Waals surface area contributed by atoms with Crippen LogP contribution in [-0.4, -0.2) is 28.9 Å². The van der Waals surface area contributed by atoms with Crippen molar-refractivity contribution in [2.24, 2.45) is 0 Å². The maximum absolute atomic E-state index is 12.1. The van der Waals surface area contributed by atoms with Gasteiger partial charge in [-0.05, 0) is 26.3 Å². The largest absolute Gasteiger partial charge is 0.444 e. The van der Waals surface area contributed by atoms with Crippen LogP contribution in [0.25, 0.3) is 0 Å². The number of thioether (sulfide) groups is 1. The zero-order valence-electron chi connectivity index (χ0n) is 11.1. The van der Waals surface area contributed by atoms with Gasteiger partial charge in [-0.1, -0.05) is 30.3 Å². The van der Waals surface area contributed by atoms with E-state index in [2.05, 4.69) is 12.1 Å². The average Bonchev–Trinajstić information content (AvgIpc) is 2.76. The fraction of sp³-hybridized carbons (Fsp3) is 0.500. The first kappa shape index (κ1) is 13.3. The molecule has 18 heavy (non-hydrogen) atoms. The van der Waals surface area contributed by atoms with E-state index in [9.17, 15) is 4.79 Å². The lowest BCUT2D eigenvalue weighted by molar-refractivity contribution is 0.0254. The highest BCUT2D eigenvalue weighted by Crippen LogP contribution is 2.38. The molecular weight excluding hydrogens is 246 g/mol. The smallest absolute Gasteiger partial charge is 0.411 e. The minimum absolute atomic E-state index is 0.0843. The lowest BCUT2D eigenvalue weighted by Crippen LogP contribution is -2.36. The summed E-state index contributed by atoms with van der Waals surface area (Å²) in [6.07, 6.45) is -0.221. The van der Waals surface area contributed by atoms with Gasteiger partial charge in [0.2, 0.25) is 0 Å². The predicted molar refractivity (Wildman–Crippen MR) is 74.6 cm³/mol. The van der Waals surface area contributed by atoms with Crippen LogP contribution in [0.4, 0.5) is 4.79 Å². The molecule has 98 valence electrons. The van der Waals surface area contributed by atoms with E-state index < -0.39 is 5.60 Å². The quantitative estimate of drug-likeness (QED) is 0.776. The summed E-state index contributed by atoms with van der Waals surface area (Å²) in [4.78, 5) is 13.9. The number of carbonyl (C=O) groups excluding carboxylic acids is 1. The van der Waals surface area contributed by atoms with Gasteiger partial charge in [0.15, 0.2) is 0 Å². The Hall–Kier alpha value is -1.16. The third-order valence-electron chi connectivity index (χ3n) is 2.60. The van der Waals surface area contributed by atoms with Gasteiger partial charge in [-0.2, -0.15) is 0 Å². The first-order chi connectivity index (χ1) is 8.47. The van der Waals surface area contributed by atoms with Gasteiger partial charge in [0, 0.05) is 12.3 Å². The van der Waals surface area contributed by atoms with Crippen LogP contribution in [0.15, 0.2) is 30.3 Å². The molecule has 1 aromatic carbocycles. The zero-order chi connectivity index (χ0) is 13.2. The lowest BCUT2D eigenvalue weighted by Gasteiger charge is -2.28. The number of carbonyl (C=O) groups is 1. The summed E-state index contributed by atoms with van der Waals surface area (Å²) in [5, 5.41) is 0.0843. The van der Waals surface area contributed by atoms with Gasteiger partial charge in [-0.25, -0.2) is 4.79 Å². The van der Waals surface area contributed by atoms with Gasteiger partial charge in [-0.15, -0.1) is 11.8 Å². The first-order valence-corrected chi connectivity index (χ1v) is 7.18. The highest BCUT2D eigenvalue weighted by Gasteiger charge is 2.33. The van der Waals surface area contributed by atoms with E-state index in [0.29, 0.717) is 0 Å². The molecule has 1 fully saturated rings. The number of ether oxygens (including phenoxy) is 1. The van der Waals surface area contributed by atoms with E-state index in [0.717, 1.165) is 17.9 Å². The summed E-state index contributed by atoms with van der Waals surface area (Å²) in [7, 11) is 0. The molecule has 0 bridgehead atoms. The van der Waals surface area contributed by atoms with Crippen molar-refractivity contribution >= 4 is 17.9 Å². The number of amides is 1. The molecule has 0 N–H and O–H groups in total. The molecule has 1 amide bonds. The number of rotatable bonds is 1. The van der Waals surface area contributed by atoms with Crippen LogP contribution in [0, 0.1) is 0 Å². The van der Waals surface area contributed by atoms with Gasteiger partial charge < -0.3 is 4.74 Å². The Labute approximate surface area is 113 Å². The minimum Gasteiger partial charge on any atom is -0.444 e. The highest BCUT2D eigenvalue weighted by molar-refractivity contribution is 7.99. The van der Waals surface area contributed by atoms with Gasteiger partial charge in [0.1, 0.15) is 11.0 Å². The molecule has 2 rings (SSSR count). The molecule has 0 saturated carbocycles. The van der Waals surface area contributed by atoms with Crippen molar-refractivity contribution < 1.29 is 9.53 Å². The molecule has 1 heterocycles. The van der Waals surface area contributed by atoms with Gasteiger partial charge in [0.05, 0.1) is 0 Å². The van der Waals surface area contributed by atoms with E-state index in [1.807, 2.05) is 43.9 Å². The van der Waals surface area contributed by atoms with Crippen LogP contribution in [0.5, 0.6) is 0 Å². The number of hydrogen-bond acceptors (Lipinski definition) is 3. The van der Waals surface area contributed by atoms with Gasteiger partial charge >= 0.3 is 6.09 Å². The molecule has 1 aliphatic heterocycles. The molecular formula is C14H19NO2S. The SMILES string of the molecule is CC(C)(C)OC(=O)N1CCS[C@@H]1c1ccccc1. The van der Waals surface area contributed by atoms with Crippen molar-refractivity contribution in [3.63, 3.8) is 0 Å². The summed E-state index contributed by atoms with van der Waals surface area (Å²) in [5.74, 6) is 0.957. The lowest BCUT2D eigenvalue weighted by atomic mass is 10.2. The average molecular weight is 265 g/mol. The van der Waals surface area contributed by atoms with E-state index >= 15 is 0 Å². The topological polar surface area (TPSA) is 29.5 Å². The second-order valence-electron chi connectivity index (χ2n) is 5.31. The molecule has 1 aromatic rings. The Balaban J connectivity index is 2.11.